The minimum Gasteiger partial charge on any atom is -0.332 e. The average molecular weight is 460 g/mol. The van der Waals surface area contributed by atoms with E-state index in [1.54, 1.807) is 0 Å². The van der Waals surface area contributed by atoms with Crippen molar-refractivity contribution >= 4 is 38.2 Å². The van der Waals surface area contributed by atoms with Crippen LogP contribution in [0.3, 0.4) is 0 Å². The molecule has 0 aliphatic heterocycles. The molecule has 22 heavy (non-hydrogen) atoms. The van der Waals surface area contributed by atoms with Gasteiger partial charge in [0.25, 0.3) is 0 Å². The van der Waals surface area contributed by atoms with E-state index in [1.807, 2.05) is 18.2 Å². The Morgan fingerprint density at radius 2 is 1.68 bits per heavy atom. The fourth-order valence-electron chi connectivity index (χ4n) is 3.03. The van der Waals surface area contributed by atoms with Crippen LogP contribution in [0.1, 0.15) is 0 Å². The minimum atomic E-state index is 0. The molecule has 0 bridgehead atoms. The summed E-state index contributed by atoms with van der Waals surface area (Å²) in [6, 6.07) is 24.4. The molecule has 0 saturated carbocycles. The number of imidazole rings is 1. The van der Waals surface area contributed by atoms with Crippen molar-refractivity contribution in [1.82, 2.24) is 9.38 Å². The second-order valence-electron chi connectivity index (χ2n) is 5.30. The molecule has 2 nitrogen and oxygen atoms in total. The molecular formula is C19H11IrN2-. The minimum absolute atomic E-state index is 0. The molecule has 3 heteroatoms. The summed E-state index contributed by atoms with van der Waals surface area (Å²) in [6.07, 6.45) is 2.09. The van der Waals surface area contributed by atoms with Gasteiger partial charge in [-0.2, -0.15) is 0 Å². The van der Waals surface area contributed by atoms with Gasteiger partial charge in [0.05, 0.1) is 16.7 Å². The van der Waals surface area contributed by atoms with Crippen LogP contribution in [0.2, 0.25) is 0 Å². The summed E-state index contributed by atoms with van der Waals surface area (Å²) in [5, 5.41) is 4.60. The van der Waals surface area contributed by atoms with E-state index in [0.29, 0.717) is 0 Å². The van der Waals surface area contributed by atoms with E-state index in [1.165, 1.54) is 10.8 Å². The smallest absolute Gasteiger partial charge is 0.0797 e. The van der Waals surface area contributed by atoms with Crippen molar-refractivity contribution in [2.45, 2.75) is 0 Å². The van der Waals surface area contributed by atoms with E-state index in [4.69, 9.17) is 4.98 Å². The van der Waals surface area contributed by atoms with E-state index in [0.717, 1.165) is 27.5 Å². The van der Waals surface area contributed by atoms with E-state index in [2.05, 4.69) is 59.1 Å². The Morgan fingerprint density at radius 3 is 2.64 bits per heavy atom. The van der Waals surface area contributed by atoms with Crippen LogP contribution in [0.5, 0.6) is 0 Å². The van der Waals surface area contributed by atoms with Crippen molar-refractivity contribution in [2.75, 3.05) is 0 Å². The van der Waals surface area contributed by atoms with Crippen LogP contribution >= 0.6 is 0 Å². The molecule has 0 aliphatic rings. The van der Waals surface area contributed by atoms with Crippen molar-refractivity contribution in [3.8, 4) is 0 Å². The van der Waals surface area contributed by atoms with Crippen molar-refractivity contribution in [2.24, 2.45) is 0 Å². The molecule has 2 aromatic heterocycles. The third kappa shape index (κ3) is 1.80. The maximum Gasteiger partial charge on any atom is 0.0797 e. The Morgan fingerprint density at radius 1 is 0.864 bits per heavy atom. The summed E-state index contributed by atoms with van der Waals surface area (Å²) >= 11 is 0. The molecule has 0 fully saturated rings. The normalized spacial score (nSPS) is 11.3. The first-order valence-corrected chi connectivity index (χ1v) is 7.01. The molecule has 0 saturated heterocycles. The van der Waals surface area contributed by atoms with Gasteiger partial charge in [0.2, 0.25) is 0 Å². The van der Waals surface area contributed by atoms with E-state index < -0.39 is 0 Å². The van der Waals surface area contributed by atoms with Crippen LogP contribution in [0.25, 0.3) is 38.2 Å². The third-order valence-electron chi connectivity index (χ3n) is 4.04. The molecule has 0 atom stereocenters. The quantitative estimate of drug-likeness (QED) is 0.245. The summed E-state index contributed by atoms with van der Waals surface area (Å²) in [5.41, 5.74) is 3.13. The zero-order valence-corrected chi connectivity index (χ0v) is 14.0. The Bertz CT molecular complexity index is 1140. The summed E-state index contributed by atoms with van der Waals surface area (Å²) in [7, 11) is 0. The second-order valence-corrected chi connectivity index (χ2v) is 5.30. The Kier molecular flexibility index (Phi) is 3.00. The summed E-state index contributed by atoms with van der Waals surface area (Å²) < 4.78 is 2.14. The van der Waals surface area contributed by atoms with Gasteiger partial charge in [0.15, 0.2) is 0 Å². The second kappa shape index (κ2) is 4.91. The van der Waals surface area contributed by atoms with Crippen LogP contribution in [-0.2, 0) is 20.1 Å². The molecule has 0 unspecified atom stereocenters. The third-order valence-corrected chi connectivity index (χ3v) is 4.04. The maximum absolute atomic E-state index is 4.78. The molecule has 0 amide bonds. The van der Waals surface area contributed by atoms with Crippen LogP contribution in [0.15, 0.2) is 66.9 Å². The molecule has 0 spiro atoms. The van der Waals surface area contributed by atoms with Crippen LogP contribution in [-0.4, -0.2) is 9.38 Å². The summed E-state index contributed by atoms with van der Waals surface area (Å²) in [5.74, 6) is 0. The molecular weight excluding hydrogens is 448 g/mol. The zero-order chi connectivity index (χ0) is 13.8. The molecule has 0 aliphatic carbocycles. The van der Waals surface area contributed by atoms with Crippen molar-refractivity contribution in [1.29, 1.82) is 0 Å². The monoisotopic (exact) mass is 460 g/mol. The first kappa shape index (κ1) is 13.4. The van der Waals surface area contributed by atoms with Gasteiger partial charge in [-0.05, 0) is 18.3 Å². The molecule has 107 valence electrons. The number of rotatable bonds is 0. The van der Waals surface area contributed by atoms with Crippen molar-refractivity contribution in [3.63, 3.8) is 0 Å². The fraction of sp³-hybridized carbons (Fsp3) is 0. The molecule has 5 aromatic rings. The SMILES string of the molecule is [Ir].[c-]1c2ccccc2cc2ccn3c4ccccc4nc3c12. The summed E-state index contributed by atoms with van der Waals surface area (Å²) in [6.45, 7) is 0. The molecule has 1 radical (unpaired) electrons. The van der Waals surface area contributed by atoms with E-state index >= 15 is 0 Å². The van der Waals surface area contributed by atoms with Gasteiger partial charge in [0.1, 0.15) is 0 Å². The Hall–Kier alpha value is -2.22. The molecule has 3 aromatic carbocycles. The van der Waals surface area contributed by atoms with Gasteiger partial charge >= 0.3 is 0 Å². The van der Waals surface area contributed by atoms with Gasteiger partial charge in [0, 0.05) is 20.1 Å². The fourth-order valence-corrected chi connectivity index (χ4v) is 3.03. The number of benzene rings is 3. The van der Waals surface area contributed by atoms with Gasteiger partial charge in [-0.1, -0.05) is 52.6 Å². The largest absolute Gasteiger partial charge is 0.332 e. The maximum atomic E-state index is 4.78. The number of pyridine rings is 1. The number of nitrogens with zero attached hydrogens (tertiary/aromatic N) is 2. The average Bonchev–Trinajstić information content (AvgIpc) is 2.92. The molecule has 5 rings (SSSR count). The Labute approximate surface area is 140 Å². The Balaban J connectivity index is 0.00000125. The number of fused-ring (bicyclic) bond motifs is 6. The van der Waals surface area contributed by atoms with E-state index in [9.17, 15) is 0 Å². The van der Waals surface area contributed by atoms with E-state index in [-0.39, 0.29) is 20.1 Å². The van der Waals surface area contributed by atoms with Gasteiger partial charge in [-0.15, -0.1) is 23.6 Å². The zero-order valence-electron chi connectivity index (χ0n) is 11.6. The topological polar surface area (TPSA) is 17.3 Å². The van der Waals surface area contributed by atoms with Gasteiger partial charge in [-0.3, -0.25) is 4.98 Å². The van der Waals surface area contributed by atoms with Crippen molar-refractivity contribution in [3.05, 3.63) is 72.9 Å². The predicted octanol–water partition coefficient (Wildman–Crippen LogP) is 4.59. The number of hydrogen-bond acceptors (Lipinski definition) is 1. The standard InChI is InChI=1S/C19H11N2.Ir/c1-2-6-14-12-16-15(11-13(14)5-1)9-10-21-18-8-4-3-7-17(18)20-19(16)21;/h1-11H;/q-1;. The van der Waals surface area contributed by atoms with Gasteiger partial charge in [-0.25, -0.2) is 0 Å². The molecule has 2 heterocycles. The summed E-state index contributed by atoms with van der Waals surface area (Å²) in [4.78, 5) is 4.78. The molecule has 0 N–H and O–H groups in total. The number of hydrogen-bond donors (Lipinski definition) is 0. The van der Waals surface area contributed by atoms with Gasteiger partial charge < -0.3 is 4.40 Å². The first-order chi connectivity index (χ1) is 10.4. The van der Waals surface area contributed by atoms with Crippen LogP contribution in [0.4, 0.5) is 0 Å². The first-order valence-electron chi connectivity index (χ1n) is 7.01. The van der Waals surface area contributed by atoms with Crippen LogP contribution < -0.4 is 0 Å². The predicted molar refractivity (Wildman–Crippen MR) is 86.5 cm³/mol. The number of aromatic nitrogens is 2. The van der Waals surface area contributed by atoms with Crippen LogP contribution in [0, 0.1) is 6.07 Å². The number of para-hydroxylation sites is 2. The van der Waals surface area contributed by atoms with Crippen molar-refractivity contribution < 1.29 is 20.1 Å².